The number of aromatic nitrogens is 1. The van der Waals surface area contributed by atoms with Gasteiger partial charge in [0.2, 0.25) is 0 Å². The van der Waals surface area contributed by atoms with E-state index in [2.05, 4.69) is 15.0 Å². The fourth-order valence-electron chi connectivity index (χ4n) is 1.85. The monoisotopic (exact) mass is 323 g/mol. The number of rotatable bonds is 5. The number of hydrogen-bond donors (Lipinski definition) is 2. The van der Waals surface area contributed by atoms with Gasteiger partial charge in [0.05, 0.1) is 16.9 Å². The lowest BCUT2D eigenvalue weighted by molar-refractivity contribution is 0.601. The van der Waals surface area contributed by atoms with Gasteiger partial charge in [-0.1, -0.05) is 23.7 Å². The van der Waals surface area contributed by atoms with Gasteiger partial charge in [-0.3, -0.25) is 4.72 Å². The summed E-state index contributed by atoms with van der Waals surface area (Å²) in [7, 11) is -3.71. The summed E-state index contributed by atoms with van der Waals surface area (Å²) in [5.74, 6) is 0.748. The fourth-order valence-corrected chi connectivity index (χ4v) is 3.41. The highest BCUT2D eigenvalue weighted by atomic mass is 35.5. The Balaban J connectivity index is 1.77. The lowest BCUT2D eigenvalue weighted by Crippen LogP contribution is -2.13. The number of hydrogen-bond acceptors (Lipinski definition) is 4. The molecule has 1 aliphatic carbocycles. The zero-order valence-electron chi connectivity index (χ0n) is 11.1. The van der Waals surface area contributed by atoms with Gasteiger partial charge in [-0.15, -0.1) is 0 Å². The van der Waals surface area contributed by atoms with E-state index in [1.54, 1.807) is 24.3 Å². The van der Waals surface area contributed by atoms with Crippen LogP contribution in [0.3, 0.4) is 0 Å². The Morgan fingerprint density at radius 2 is 1.90 bits per heavy atom. The molecule has 5 nitrogen and oxygen atoms in total. The molecule has 2 N–H and O–H groups in total. The fraction of sp³-hybridized carbons (Fsp3) is 0.214. The second-order valence-electron chi connectivity index (χ2n) is 4.89. The normalized spacial score (nSPS) is 14.7. The van der Waals surface area contributed by atoms with Crippen LogP contribution in [-0.4, -0.2) is 19.4 Å². The molecular formula is C14H14ClN3O2S. The third-order valence-electron chi connectivity index (χ3n) is 3.07. The van der Waals surface area contributed by atoms with Crippen LogP contribution in [0.2, 0.25) is 5.02 Å². The van der Waals surface area contributed by atoms with Crippen molar-refractivity contribution in [3.8, 4) is 0 Å². The average molecular weight is 324 g/mol. The number of nitrogens with zero attached hydrogens (tertiary/aromatic N) is 1. The van der Waals surface area contributed by atoms with Crippen molar-refractivity contribution in [2.24, 2.45) is 0 Å². The van der Waals surface area contributed by atoms with Gasteiger partial charge in [0, 0.05) is 6.04 Å². The van der Waals surface area contributed by atoms with Crippen LogP contribution < -0.4 is 10.0 Å². The van der Waals surface area contributed by atoms with Gasteiger partial charge in [-0.25, -0.2) is 13.4 Å². The molecular weight excluding hydrogens is 310 g/mol. The quantitative estimate of drug-likeness (QED) is 0.887. The molecule has 1 saturated carbocycles. The Morgan fingerprint density at radius 3 is 2.52 bits per heavy atom. The van der Waals surface area contributed by atoms with Crippen LogP contribution in [0.25, 0.3) is 0 Å². The van der Waals surface area contributed by atoms with Gasteiger partial charge in [0.25, 0.3) is 10.0 Å². The van der Waals surface area contributed by atoms with Crippen molar-refractivity contribution in [3.05, 3.63) is 47.6 Å². The van der Waals surface area contributed by atoms with E-state index in [1.807, 2.05) is 0 Å². The highest BCUT2D eigenvalue weighted by Gasteiger charge is 2.21. The van der Waals surface area contributed by atoms with Gasteiger partial charge >= 0.3 is 0 Å². The van der Waals surface area contributed by atoms with Crippen molar-refractivity contribution in [2.45, 2.75) is 23.8 Å². The second-order valence-corrected chi connectivity index (χ2v) is 6.94. The van der Waals surface area contributed by atoms with Crippen LogP contribution in [0.5, 0.6) is 0 Å². The van der Waals surface area contributed by atoms with Crippen LogP contribution in [0.1, 0.15) is 12.8 Å². The first-order valence-corrected chi connectivity index (χ1v) is 8.41. The van der Waals surface area contributed by atoms with Crippen molar-refractivity contribution < 1.29 is 8.42 Å². The predicted molar refractivity (Wildman–Crippen MR) is 83.1 cm³/mol. The molecule has 3 rings (SSSR count). The van der Waals surface area contributed by atoms with Crippen LogP contribution in [0.15, 0.2) is 47.5 Å². The highest BCUT2D eigenvalue weighted by molar-refractivity contribution is 7.92. The molecule has 2 aromatic rings. The number of nitrogens with one attached hydrogen (secondary N) is 2. The van der Waals surface area contributed by atoms with Crippen molar-refractivity contribution in [1.82, 2.24) is 4.98 Å². The summed E-state index contributed by atoms with van der Waals surface area (Å²) in [5.41, 5.74) is 0.399. The molecule has 0 amide bonds. The molecule has 1 fully saturated rings. The molecule has 0 radical (unpaired) electrons. The first-order chi connectivity index (χ1) is 10.0. The van der Waals surface area contributed by atoms with Crippen molar-refractivity contribution in [1.29, 1.82) is 0 Å². The van der Waals surface area contributed by atoms with Gasteiger partial charge in [-0.2, -0.15) is 0 Å². The zero-order chi connectivity index (χ0) is 14.9. The van der Waals surface area contributed by atoms with Crippen LogP contribution in [-0.2, 0) is 10.0 Å². The van der Waals surface area contributed by atoms with Crippen molar-refractivity contribution in [3.63, 3.8) is 0 Å². The van der Waals surface area contributed by atoms with E-state index in [1.165, 1.54) is 18.3 Å². The minimum absolute atomic E-state index is 0.0480. The summed E-state index contributed by atoms with van der Waals surface area (Å²) < 4.78 is 27.0. The van der Waals surface area contributed by atoms with E-state index >= 15 is 0 Å². The summed E-state index contributed by atoms with van der Waals surface area (Å²) in [6.07, 6.45) is 3.80. The molecule has 1 aromatic heterocycles. The Kier molecular flexibility index (Phi) is 3.73. The third-order valence-corrected chi connectivity index (χ3v) is 4.95. The van der Waals surface area contributed by atoms with E-state index in [4.69, 9.17) is 11.6 Å². The van der Waals surface area contributed by atoms with E-state index in [-0.39, 0.29) is 9.92 Å². The summed E-state index contributed by atoms with van der Waals surface area (Å²) in [6, 6.07) is 10.2. The number of benzene rings is 1. The molecule has 0 bridgehead atoms. The minimum atomic E-state index is -3.71. The molecule has 1 aliphatic rings. The van der Waals surface area contributed by atoms with E-state index in [9.17, 15) is 8.42 Å². The molecule has 0 spiro atoms. The lowest BCUT2D eigenvalue weighted by Gasteiger charge is -2.10. The van der Waals surface area contributed by atoms with Crippen LogP contribution in [0.4, 0.5) is 11.5 Å². The van der Waals surface area contributed by atoms with Gasteiger partial charge in [-0.05, 0) is 37.1 Å². The lowest BCUT2D eigenvalue weighted by atomic mass is 10.4. The smallest absolute Gasteiger partial charge is 0.263 e. The van der Waals surface area contributed by atoms with Crippen molar-refractivity contribution >= 4 is 33.1 Å². The maximum atomic E-state index is 12.3. The van der Waals surface area contributed by atoms with Crippen molar-refractivity contribution in [2.75, 3.05) is 10.0 Å². The number of pyridine rings is 1. The Labute approximate surface area is 128 Å². The predicted octanol–water partition coefficient (Wildman–Crippen LogP) is 3.11. The zero-order valence-corrected chi connectivity index (χ0v) is 12.7. The van der Waals surface area contributed by atoms with E-state index in [0.717, 1.165) is 18.7 Å². The molecule has 0 saturated heterocycles. The molecule has 21 heavy (non-hydrogen) atoms. The molecule has 1 heterocycles. The minimum Gasteiger partial charge on any atom is -0.367 e. The molecule has 7 heteroatoms. The highest BCUT2D eigenvalue weighted by Crippen LogP contribution is 2.25. The Bertz CT molecular complexity index is 743. The van der Waals surface area contributed by atoms with Gasteiger partial charge < -0.3 is 5.32 Å². The topological polar surface area (TPSA) is 71.1 Å². The SMILES string of the molecule is O=S(=O)(Nc1ccc(NC2CC2)nc1)c1ccccc1Cl. The molecule has 110 valence electrons. The Morgan fingerprint density at radius 1 is 1.14 bits per heavy atom. The summed E-state index contributed by atoms with van der Waals surface area (Å²) in [6.45, 7) is 0. The van der Waals surface area contributed by atoms with E-state index < -0.39 is 10.0 Å². The standard InChI is InChI=1S/C14H14ClN3O2S/c15-12-3-1-2-4-13(12)21(19,20)18-11-7-8-14(16-9-11)17-10-5-6-10/h1-4,7-10,18H,5-6H2,(H,16,17). The van der Waals surface area contributed by atoms with Gasteiger partial charge in [0.1, 0.15) is 10.7 Å². The maximum absolute atomic E-state index is 12.3. The summed E-state index contributed by atoms with van der Waals surface area (Å²) >= 11 is 5.92. The summed E-state index contributed by atoms with van der Waals surface area (Å²) in [4.78, 5) is 4.24. The average Bonchev–Trinajstić information content (AvgIpc) is 3.25. The molecule has 0 aliphatic heterocycles. The second kappa shape index (κ2) is 5.54. The van der Waals surface area contributed by atoms with Crippen LogP contribution in [0, 0.1) is 0 Å². The first kappa shape index (κ1) is 14.2. The third kappa shape index (κ3) is 3.46. The van der Waals surface area contributed by atoms with Gasteiger partial charge in [0.15, 0.2) is 0 Å². The number of anilines is 2. The summed E-state index contributed by atoms with van der Waals surface area (Å²) in [5, 5.41) is 3.42. The largest absolute Gasteiger partial charge is 0.367 e. The number of sulfonamides is 1. The van der Waals surface area contributed by atoms with E-state index in [0.29, 0.717) is 11.7 Å². The van der Waals surface area contributed by atoms with Crippen LogP contribution >= 0.6 is 11.6 Å². The molecule has 0 unspecified atom stereocenters. The first-order valence-electron chi connectivity index (χ1n) is 6.54. The number of halogens is 1. The maximum Gasteiger partial charge on any atom is 0.263 e. The molecule has 0 atom stereocenters. The Hall–Kier alpha value is -1.79. The molecule has 1 aromatic carbocycles.